The van der Waals surface area contributed by atoms with E-state index in [1.54, 1.807) is 24.3 Å². The number of amides is 6. The van der Waals surface area contributed by atoms with Crippen LogP contribution in [-0.2, 0) is 55.9 Å². The summed E-state index contributed by atoms with van der Waals surface area (Å²) < 4.78 is 11.4. The number of thioether (sulfide) groups is 2. The van der Waals surface area contributed by atoms with Crippen LogP contribution in [-0.4, -0.2) is 126 Å². The number of rotatable bonds is 33. The maximum absolute atomic E-state index is 13.6. The van der Waals surface area contributed by atoms with Crippen LogP contribution in [0.2, 0.25) is 0 Å². The Labute approximate surface area is 374 Å². The van der Waals surface area contributed by atoms with Crippen molar-refractivity contribution in [2.24, 2.45) is 11.7 Å². The molecule has 2 aromatic carbocycles. The number of carbonyl (C=O) groups is 7. The summed E-state index contributed by atoms with van der Waals surface area (Å²) in [5.74, 6) is -2.56. The van der Waals surface area contributed by atoms with E-state index in [9.17, 15) is 38.7 Å². The second-order valence-electron chi connectivity index (χ2n) is 15.0. The topological polar surface area (TPSA) is 244 Å². The molecule has 62 heavy (non-hydrogen) atoms. The van der Waals surface area contributed by atoms with Gasteiger partial charge in [-0.3, -0.25) is 28.8 Å². The molecule has 0 aliphatic heterocycles. The van der Waals surface area contributed by atoms with Crippen molar-refractivity contribution in [2.75, 3.05) is 49.4 Å². The Morgan fingerprint density at radius 1 is 0.581 bits per heavy atom. The van der Waals surface area contributed by atoms with Crippen LogP contribution >= 0.6 is 23.5 Å². The minimum Gasteiger partial charge on any atom is -0.480 e. The van der Waals surface area contributed by atoms with E-state index in [1.165, 1.54) is 23.5 Å². The summed E-state index contributed by atoms with van der Waals surface area (Å²) in [6.45, 7) is 8.85. The van der Waals surface area contributed by atoms with Crippen LogP contribution in [0.4, 0.5) is 0 Å². The van der Waals surface area contributed by atoms with Crippen LogP contribution in [0.25, 0.3) is 0 Å². The maximum atomic E-state index is 13.6. The molecule has 0 fully saturated rings. The van der Waals surface area contributed by atoms with Gasteiger partial charge in [0.1, 0.15) is 30.2 Å². The van der Waals surface area contributed by atoms with Gasteiger partial charge in [-0.25, -0.2) is 4.79 Å². The van der Waals surface area contributed by atoms with Crippen LogP contribution in [0.3, 0.4) is 0 Å². The third-order valence-electron chi connectivity index (χ3n) is 9.12. The van der Waals surface area contributed by atoms with Gasteiger partial charge in [-0.1, -0.05) is 88.4 Å². The number of benzene rings is 2. The minimum absolute atomic E-state index is 0.0237. The molecule has 2 aromatic rings. The van der Waals surface area contributed by atoms with Gasteiger partial charge in [0, 0.05) is 48.7 Å². The lowest BCUT2D eigenvalue weighted by Gasteiger charge is -2.26. The standard InChI is InChI=1S/C44H66N6O10S2/c1-5-13-38(51)46-36(42(55)49-34(25-30(3)4)41(54)48-33(40(45)53)26-31-15-9-7-10-16-31)28-61-23-21-59-19-20-60-22-24-62-29-37(47-39(52)14-6-2)43(56)50-35(44(57)58)27-32-17-11-8-12-18-32/h7-12,15-18,30,33-37H,5-6,13-14,19-29H2,1-4H3,(H2,45,53)(H,46,51)(H,47,52)(H,48,54)(H,49,55)(H,50,56)(H,57,58)/t33-,34-,35-,36-,37-/m0/s1. The molecule has 0 bridgehead atoms. The van der Waals surface area contributed by atoms with Crippen molar-refractivity contribution in [3.8, 4) is 0 Å². The van der Waals surface area contributed by atoms with Gasteiger partial charge in [-0.05, 0) is 36.3 Å². The highest BCUT2D eigenvalue weighted by Crippen LogP contribution is 2.11. The number of hydrogen-bond donors (Lipinski definition) is 7. The first-order valence-electron chi connectivity index (χ1n) is 21.1. The lowest BCUT2D eigenvalue weighted by Crippen LogP contribution is -2.57. The summed E-state index contributed by atoms with van der Waals surface area (Å²) in [4.78, 5) is 89.2. The number of primary amides is 1. The molecule has 0 unspecified atom stereocenters. The Morgan fingerprint density at radius 2 is 0.984 bits per heavy atom. The molecule has 0 aliphatic carbocycles. The van der Waals surface area contributed by atoms with Gasteiger partial charge >= 0.3 is 5.97 Å². The zero-order valence-corrected chi connectivity index (χ0v) is 38.0. The molecule has 16 nitrogen and oxygen atoms in total. The van der Waals surface area contributed by atoms with E-state index in [0.29, 0.717) is 57.2 Å². The number of carbonyl (C=O) groups excluding carboxylic acids is 6. The van der Waals surface area contributed by atoms with E-state index in [4.69, 9.17) is 15.2 Å². The van der Waals surface area contributed by atoms with Gasteiger partial charge in [0.25, 0.3) is 0 Å². The highest BCUT2D eigenvalue weighted by Gasteiger charge is 2.30. The molecule has 2 rings (SSSR count). The van der Waals surface area contributed by atoms with Gasteiger partial charge in [-0.15, -0.1) is 0 Å². The van der Waals surface area contributed by atoms with Gasteiger partial charge in [0.05, 0.1) is 26.4 Å². The van der Waals surface area contributed by atoms with Crippen LogP contribution < -0.4 is 32.3 Å². The Hall–Kier alpha value is -4.65. The number of carboxylic acid groups (broad SMARTS) is 1. The summed E-state index contributed by atoms with van der Waals surface area (Å²) in [6, 6.07) is 13.2. The van der Waals surface area contributed by atoms with E-state index in [2.05, 4.69) is 26.6 Å². The molecule has 5 atom stereocenters. The Morgan fingerprint density at radius 3 is 1.39 bits per heavy atom. The number of nitrogens with one attached hydrogen (secondary N) is 5. The molecule has 0 aliphatic rings. The first-order chi connectivity index (χ1) is 29.7. The molecule has 344 valence electrons. The van der Waals surface area contributed by atoms with Gasteiger partial charge in [-0.2, -0.15) is 23.5 Å². The van der Waals surface area contributed by atoms with Crippen LogP contribution in [0.5, 0.6) is 0 Å². The third kappa shape index (κ3) is 23.0. The van der Waals surface area contributed by atoms with Gasteiger partial charge < -0.3 is 46.9 Å². The molecule has 0 saturated heterocycles. The predicted molar refractivity (Wildman–Crippen MR) is 242 cm³/mol. The largest absolute Gasteiger partial charge is 0.480 e. The maximum Gasteiger partial charge on any atom is 0.326 e. The average Bonchev–Trinajstić information content (AvgIpc) is 3.23. The summed E-state index contributed by atoms with van der Waals surface area (Å²) in [7, 11) is 0. The van der Waals surface area contributed by atoms with Crippen LogP contribution in [0.1, 0.15) is 70.9 Å². The van der Waals surface area contributed by atoms with Crippen molar-refractivity contribution < 1.29 is 48.1 Å². The fraction of sp³-hybridized carbons (Fsp3) is 0.568. The highest BCUT2D eigenvalue weighted by atomic mass is 32.2. The third-order valence-corrected chi connectivity index (χ3v) is 11.2. The summed E-state index contributed by atoms with van der Waals surface area (Å²) in [5, 5.41) is 23.3. The molecular formula is C44H66N6O10S2. The highest BCUT2D eigenvalue weighted by molar-refractivity contribution is 7.99. The van der Waals surface area contributed by atoms with Gasteiger partial charge in [0.15, 0.2) is 0 Å². The fourth-order valence-corrected chi connectivity index (χ4v) is 7.70. The Bertz CT molecular complexity index is 1670. The molecule has 6 amide bonds. The number of hydrogen-bond acceptors (Lipinski definition) is 11. The second-order valence-corrected chi connectivity index (χ2v) is 17.3. The Balaban J connectivity index is 1.80. The smallest absolute Gasteiger partial charge is 0.326 e. The van der Waals surface area contributed by atoms with Gasteiger partial charge in [0.2, 0.25) is 35.4 Å². The average molecular weight is 903 g/mol. The van der Waals surface area contributed by atoms with Crippen molar-refractivity contribution in [1.29, 1.82) is 0 Å². The van der Waals surface area contributed by atoms with Crippen LogP contribution in [0.15, 0.2) is 60.7 Å². The molecule has 0 radical (unpaired) electrons. The molecule has 0 saturated carbocycles. The van der Waals surface area contributed by atoms with Crippen LogP contribution in [0, 0.1) is 5.92 Å². The lowest BCUT2D eigenvalue weighted by molar-refractivity contribution is -0.142. The van der Waals surface area contributed by atoms with Crippen molar-refractivity contribution in [3.63, 3.8) is 0 Å². The van der Waals surface area contributed by atoms with E-state index >= 15 is 0 Å². The van der Waals surface area contributed by atoms with E-state index in [1.807, 2.05) is 64.1 Å². The summed E-state index contributed by atoms with van der Waals surface area (Å²) in [6.07, 6.45) is 2.27. The number of ether oxygens (including phenoxy) is 2. The number of aliphatic carboxylic acids is 1. The van der Waals surface area contributed by atoms with Crippen molar-refractivity contribution >= 4 is 64.9 Å². The van der Waals surface area contributed by atoms with E-state index in [-0.39, 0.29) is 54.9 Å². The molecule has 18 heteroatoms. The predicted octanol–water partition coefficient (Wildman–Crippen LogP) is 2.61. The zero-order chi connectivity index (χ0) is 45.7. The first kappa shape index (κ1) is 53.5. The van der Waals surface area contributed by atoms with E-state index in [0.717, 1.165) is 11.1 Å². The quantitative estimate of drug-likeness (QED) is 0.0512. The molecule has 0 aromatic heterocycles. The van der Waals surface area contributed by atoms with Crippen molar-refractivity contribution in [3.05, 3.63) is 71.8 Å². The molecule has 8 N–H and O–H groups in total. The lowest BCUT2D eigenvalue weighted by atomic mass is 10.0. The summed E-state index contributed by atoms with van der Waals surface area (Å²) in [5.41, 5.74) is 7.20. The minimum atomic E-state index is -1.17. The number of nitrogens with two attached hydrogens (primary N) is 1. The molecule has 0 heterocycles. The van der Waals surface area contributed by atoms with E-state index < -0.39 is 59.8 Å². The monoisotopic (exact) mass is 902 g/mol. The summed E-state index contributed by atoms with van der Waals surface area (Å²) >= 11 is 2.80. The normalized spacial score (nSPS) is 13.5. The first-order valence-corrected chi connectivity index (χ1v) is 23.5. The number of carboxylic acids is 1. The van der Waals surface area contributed by atoms with Crippen molar-refractivity contribution in [1.82, 2.24) is 26.6 Å². The molecular weight excluding hydrogens is 837 g/mol. The molecule has 0 spiro atoms. The second kappa shape index (κ2) is 31.2. The fourth-order valence-electron chi connectivity index (χ4n) is 5.96. The zero-order valence-electron chi connectivity index (χ0n) is 36.4. The Kier molecular flexibility index (Phi) is 26.9. The van der Waals surface area contributed by atoms with Crippen molar-refractivity contribution in [2.45, 2.75) is 103 Å². The SMILES string of the molecule is CCCC(=O)N[C@@H](CSCCOCCOCCSC[C@H](NC(=O)CCC)C(=O)N[C@@H](CC(C)C)C(=O)N[C@@H](Cc1ccccc1)C(N)=O)C(=O)N[C@@H](Cc1ccccc1)C(=O)O.